The van der Waals surface area contributed by atoms with Gasteiger partial charge in [0.1, 0.15) is 0 Å². The molecular weight excluding hydrogens is 112 g/mol. The van der Waals surface area contributed by atoms with Crippen molar-refractivity contribution in [1.82, 2.24) is 0 Å². The number of aliphatic hydroxyl groups is 1. The molecule has 2 aliphatic carbocycles. The lowest BCUT2D eigenvalue weighted by Gasteiger charge is -2.04. The monoisotopic (exact) mass is 124 g/mol. The van der Waals surface area contributed by atoms with Gasteiger partial charge in [-0.2, -0.15) is 0 Å². The molecule has 0 heterocycles. The van der Waals surface area contributed by atoms with E-state index in [9.17, 15) is 5.11 Å². The number of hydrogen-bond donors (Lipinski definition) is 1. The van der Waals surface area contributed by atoms with Crippen LogP contribution in [0.4, 0.5) is 0 Å². The van der Waals surface area contributed by atoms with Gasteiger partial charge in [-0.1, -0.05) is 12.2 Å². The van der Waals surface area contributed by atoms with Crippen LogP contribution >= 0.6 is 0 Å². The standard InChI is InChI=1S/C8H12O/c9-8-4-6-2-1-3-7(6)5-8/h1-2,6-9H,3-5H2. The van der Waals surface area contributed by atoms with Crippen LogP contribution < -0.4 is 0 Å². The summed E-state index contributed by atoms with van der Waals surface area (Å²) in [5, 5.41) is 9.20. The zero-order valence-corrected chi connectivity index (χ0v) is 5.46. The molecule has 0 saturated heterocycles. The molecule has 0 aromatic heterocycles. The Kier molecular flexibility index (Phi) is 1.12. The number of fused-ring (bicyclic) bond motifs is 1. The molecule has 0 radical (unpaired) electrons. The largest absolute Gasteiger partial charge is 0.393 e. The van der Waals surface area contributed by atoms with E-state index in [1.165, 1.54) is 6.42 Å². The van der Waals surface area contributed by atoms with Crippen molar-refractivity contribution in [1.29, 1.82) is 0 Å². The number of allylic oxidation sites excluding steroid dienone is 2. The Labute approximate surface area is 55.4 Å². The first kappa shape index (κ1) is 5.48. The van der Waals surface area contributed by atoms with Crippen molar-refractivity contribution in [3.05, 3.63) is 12.2 Å². The van der Waals surface area contributed by atoms with Crippen molar-refractivity contribution in [2.24, 2.45) is 11.8 Å². The fourth-order valence-corrected chi connectivity index (χ4v) is 2.06. The van der Waals surface area contributed by atoms with Crippen LogP contribution in [0.2, 0.25) is 0 Å². The first-order valence-corrected chi connectivity index (χ1v) is 3.71. The molecule has 0 aliphatic heterocycles. The minimum absolute atomic E-state index is 0.00458. The molecule has 0 aromatic rings. The molecule has 1 saturated carbocycles. The van der Waals surface area contributed by atoms with Gasteiger partial charge < -0.3 is 5.11 Å². The third-order valence-corrected chi connectivity index (χ3v) is 2.55. The minimum Gasteiger partial charge on any atom is -0.393 e. The Hall–Kier alpha value is -0.300. The molecule has 1 heteroatoms. The quantitative estimate of drug-likeness (QED) is 0.483. The molecule has 50 valence electrons. The third kappa shape index (κ3) is 0.799. The molecule has 0 amide bonds. The van der Waals surface area contributed by atoms with Gasteiger partial charge in [0.25, 0.3) is 0 Å². The summed E-state index contributed by atoms with van der Waals surface area (Å²) in [7, 11) is 0. The molecule has 0 aromatic carbocycles. The van der Waals surface area contributed by atoms with E-state index in [2.05, 4.69) is 12.2 Å². The second kappa shape index (κ2) is 1.84. The molecule has 0 spiro atoms. The van der Waals surface area contributed by atoms with E-state index in [0.717, 1.165) is 24.7 Å². The minimum atomic E-state index is 0.00458. The van der Waals surface area contributed by atoms with Gasteiger partial charge in [-0.15, -0.1) is 0 Å². The average molecular weight is 124 g/mol. The molecule has 9 heavy (non-hydrogen) atoms. The zero-order valence-electron chi connectivity index (χ0n) is 5.46. The highest BCUT2D eigenvalue weighted by molar-refractivity contribution is 5.05. The number of rotatable bonds is 0. The van der Waals surface area contributed by atoms with E-state index in [-0.39, 0.29) is 6.10 Å². The Bertz CT molecular complexity index is 140. The summed E-state index contributed by atoms with van der Waals surface area (Å²) < 4.78 is 0. The first-order chi connectivity index (χ1) is 4.36. The molecule has 1 nitrogen and oxygen atoms in total. The van der Waals surface area contributed by atoms with E-state index < -0.39 is 0 Å². The van der Waals surface area contributed by atoms with Crippen LogP contribution in [0, 0.1) is 11.8 Å². The van der Waals surface area contributed by atoms with E-state index in [0.29, 0.717) is 0 Å². The summed E-state index contributed by atoms with van der Waals surface area (Å²) in [5.41, 5.74) is 0. The number of aliphatic hydroxyl groups excluding tert-OH is 1. The molecule has 1 N–H and O–H groups in total. The van der Waals surface area contributed by atoms with Crippen molar-refractivity contribution >= 4 is 0 Å². The Balaban J connectivity index is 2.08. The molecule has 2 rings (SSSR count). The van der Waals surface area contributed by atoms with E-state index in [4.69, 9.17) is 0 Å². The molecule has 0 bridgehead atoms. The topological polar surface area (TPSA) is 20.2 Å². The van der Waals surface area contributed by atoms with E-state index >= 15 is 0 Å². The Morgan fingerprint density at radius 3 is 3.00 bits per heavy atom. The zero-order chi connectivity index (χ0) is 6.27. The van der Waals surface area contributed by atoms with Crippen molar-refractivity contribution in [2.75, 3.05) is 0 Å². The van der Waals surface area contributed by atoms with Gasteiger partial charge >= 0.3 is 0 Å². The van der Waals surface area contributed by atoms with E-state index in [1.54, 1.807) is 0 Å². The van der Waals surface area contributed by atoms with Crippen LogP contribution in [0.25, 0.3) is 0 Å². The van der Waals surface area contributed by atoms with Crippen LogP contribution in [0.5, 0.6) is 0 Å². The second-order valence-corrected chi connectivity index (χ2v) is 3.21. The average Bonchev–Trinajstić information content (AvgIpc) is 2.22. The van der Waals surface area contributed by atoms with Gasteiger partial charge in [0.05, 0.1) is 6.10 Å². The molecule has 2 aliphatic rings. The van der Waals surface area contributed by atoms with Crippen LogP contribution in [0.1, 0.15) is 19.3 Å². The normalized spacial score (nSPS) is 47.9. The predicted molar refractivity (Wildman–Crippen MR) is 36.0 cm³/mol. The summed E-state index contributed by atoms with van der Waals surface area (Å²) in [4.78, 5) is 0. The van der Waals surface area contributed by atoms with Crippen molar-refractivity contribution in [2.45, 2.75) is 25.4 Å². The highest BCUT2D eigenvalue weighted by Gasteiger charge is 2.32. The van der Waals surface area contributed by atoms with E-state index in [1.807, 2.05) is 0 Å². The fraction of sp³-hybridized carbons (Fsp3) is 0.750. The van der Waals surface area contributed by atoms with Crippen molar-refractivity contribution in [3.63, 3.8) is 0 Å². The molecule has 3 unspecified atom stereocenters. The lowest BCUT2D eigenvalue weighted by molar-refractivity contribution is 0.176. The van der Waals surface area contributed by atoms with Crippen LogP contribution in [-0.2, 0) is 0 Å². The summed E-state index contributed by atoms with van der Waals surface area (Å²) in [6.45, 7) is 0. The van der Waals surface area contributed by atoms with Crippen molar-refractivity contribution < 1.29 is 5.11 Å². The summed E-state index contributed by atoms with van der Waals surface area (Å²) in [5.74, 6) is 1.51. The van der Waals surface area contributed by atoms with Gasteiger partial charge in [-0.3, -0.25) is 0 Å². The van der Waals surface area contributed by atoms with Gasteiger partial charge in [-0.25, -0.2) is 0 Å². The van der Waals surface area contributed by atoms with Crippen molar-refractivity contribution in [3.8, 4) is 0 Å². The van der Waals surface area contributed by atoms with Gasteiger partial charge in [0.2, 0.25) is 0 Å². The predicted octanol–water partition coefficient (Wildman–Crippen LogP) is 1.33. The van der Waals surface area contributed by atoms with Gasteiger partial charge in [0, 0.05) is 0 Å². The van der Waals surface area contributed by atoms with Crippen LogP contribution in [0.3, 0.4) is 0 Å². The summed E-state index contributed by atoms with van der Waals surface area (Å²) in [6, 6.07) is 0. The smallest absolute Gasteiger partial charge is 0.0549 e. The molecule has 1 fully saturated rings. The summed E-state index contributed by atoms with van der Waals surface area (Å²) in [6.07, 6.45) is 7.78. The first-order valence-electron chi connectivity index (χ1n) is 3.71. The Morgan fingerprint density at radius 1 is 1.33 bits per heavy atom. The maximum absolute atomic E-state index is 9.20. The Morgan fingerprint density at radius 2 is 2.22 bits per heavy atom. The molecular formula is C8H12O. The fourth-order valence-electron chi connectivity index (χ4n) is 2.06. The third-order valence-electron chi connectivity index (χ3n) is 2.55. The summed E-state index contributed by atoms with van der Waals surface area (Å²) >= 11 is 0. The lowest BCUT2D eigenvalue weighted by atomic mass is 10.0. The maximum atomic E-state index is 9.20. The highest BCUT2D eigenvalue weighted by atomic mass is 16.3. The van der Waals surface area contributed by atoms with Crippen LogP contribution in [0.15, 0.2) is 12.2 Å². The lowest BCUT2D eigenvalue weighted by Crippen LogP contribution is -1.98. The number of hydrogen-bond acceptors (Lipinski definition) is 1. The maximum Gasteiger partial charge on any atom is 0.0549 e. The van der Waals surface area contributed by atoms with Gasteiger partial charge in [0.15, 0.2) is 0 Å². The SMILES string of the molecule is OC1CC2C=CCC2C1. The van der Waals surface area contributed by atoms with Crippen LogP contribution in [-0.4, -0.2) is 11.2 Å². The van der Waals surface area contributed by atoms with Gasteiger partial charge in [-0.05, 0) is 31.1 Å². The second-order valence-electron chi connectivity index (χ2n) is 3.21. The highest BCUT2D eigenvalue weighted by Crippen LogP contribution is 2.39. The molecule has 3 atom stereocenters.